The Morgan fingerprint density at radius 1 is 1.07 bits per heavy atom. The maximum Gasteiger partial charge on any atom is 0.184 e. The van der Waals surface area contributed by atoms with E-state index in [2.05, 4.69) is 59.0 Å². The number of nitrogens with one attached hydrogen (secondary N) is 1. The summed E-state index contributed by atoms with van der Waals surface area (Å²) in [6, 6.07) is 11.6. The van der Waals surface area contributed by atoms with Crippen LogP contribution in [0.2, 0.25) is 0 Å². The third-order valence-corrected chi connectivity index (χ3v) is 6.74. The minimum atomic E-state index is 0.595. The van der Waals surface area contributed by atoms with Gasteiger partial charge in [0.2, 0.25) is 0 Å². The van der Waals surface area contributed by atoms with E-state index in [0.29, 0.717) is 6.04 Å². The Balaban J connectivity index is 1.41. The van der Waals surface area contributed by atoms with Gasteiger partial charge < -0.3 is 9.88 Å². The molecule has 4 nitrogen and oxygen atoms in total. The Morgan fingerprint density at radius 3 is 2.79 bits per heavy atom. The van der Waals surface area contributed by atoms with E-state index in [9.17, 15) is 0 Å². The van der Waals surface area contributed by atoms with E-state index in [4.69, 9.17) is 4.98 Å². The predicted molar refractivity (Wildman–Crippen MR) is 118 cm³/mol. The molecule has 28 heavy (non-hydrogen) atoms. The largest absolute Gasteiger partial charge is 0.359 e. The average Bonchev–Trinajstić information content (AvgIpc) is 3.26. The molecule has 4 aromatic rings. The second-order valence-corrected chi connectivity index (χ2v) is 9.15. The first-order valence-electron chi connectivity index (χ1n) is 10.2. The highest BCUT2D eigenvalue weighted by Gasteiger charge is 2.15. The Morgan fingerprint density at radius 2 is 1.93 bits per heavy atom. The molecule has 1 fully saturated rings. The lowest BCUT2D eigenvalue weighted by molar-refractivity contribution is 0.462. The molecule has 1 N–H and O–H groups in total. The zero-order valence-electron chi connectivity index (χ0n) is 16.5. The summed E-state index contributed by atoms with van der Waals surface area (Å²) in [6.45, 7) is 5.13. The minimum absolute atomic E-state index is 0.595. The van der Waals surface area contributed by atoms with Crippen molar-refractivity contribution in [3.63, 3.8) is 0 Å². The van der Waals surface area contributed by atoms with Crippen molar-refractivity contribution in [2.45, 2.75) is 58.5 Å². The van der Waals surface area contributed by atoms with E-state index in [1.807, 2.05) is 6.33 Å². The van der Waals surface area contributed by atoms with Crippen LogP contribution in [0.5, 0.6) is 0 Å². The van der Waals surface area contributed by atoms with E-state index >= 15 is 0 Å². The molecular formula is C23H26N4S. The molecule has 1 aliphatic rings. The Bertz CT molecular complexity index is 1130. The van der Waals surface area contributed by atoms with Gasteiger partial charge in [-0.05, 0) is 61.6 Å². The SMILES string of the molecule is Cc1cc(C)c2c(c1)ncn2Cc1ccc2nc(NC3CCCCC3)sc2c1. The molecule has 144 valence electrons. The number of nitrogens with zero attached hydrogens (tertiary/aromatic N) is 3. The van der Waals surface area contributed by atoms with E-state index in [0.717, 1.165) is 22.7 Å². The highest BCUT2D eigenvalue weighted by atomic mass is 32.1. The molecule has 5 heteroatoms. The highest BCUT2D eigenvalue weighted by Crippen LogP contribution is 2.30. The van der Waals surface area contributed by atoms with Gasteiger partial charge in [0.15, 0.2) is 5.13 Å². The Kier molecular flexibility index (Phi) is 4.55. The summed E-state index contributed by atoms with van der Waals surface area (Å²) >= 11 is 1.78. The van der Waals surface area contributed by atoms with Crippen LogP contribution in [0.25, 0.3) is 21.3 Å². The summed E-state index contributed by atoms with van der Waals surface area (Å²) in [6.07, 6.45) is 8.56. The standard InChI is InChI=1S/C23H26N4S/c1-15-10-16(2)22-20(11-15)24-14-27(22)13-17-8-9-19-21(12-17)28-23(26-19)25-18-6-4-3-5-7-18/h8-12,14,18H,3-7,13H2,1-2H3,(H,25,26). The van der Waals surface area contributed by atoms with E-state index in [-0.39, 0.29) is 0 Å². The van der Waals surface area contributed by atoms with Crippen molar-refractivity contribution >= 4 is 37.7 Å². The normalized spacial score (nSPS) is 15.5. The monoisotopic (exact) mass is 390 g/mol. The number of rotatable bonds is 4. The van der Waals surface area contributed by atoms with Crippen molar-refractivity contribution in [1.82, 2.24) is 14.5 Å². The predicted octanol–water partition coefficient (Wildman–Crippen LogP) is 6.06. The molecule has 1 saturated carbocycles. The summed E-state index contributed by atoms with van der Waals surface area (Å²) in [5.74, 6) is 0. The first kappa shape index (κ1) is 17.7. The van der Waals surface area contributed by atoms with Gasteiger partial charge in [0.05, 0.1) is 27.6 Å². The van der Waals surface area contributed by atoms with Crippen LogP contribution in [0.1, 0.15) is 48.8 Å². The van der Waals surface area contributed by atoms with Crippen molar-refractivity contribution in [3.05, 3.63) is 53.3 Å². The fourth-order valence-electron chi connectivity index (χ4n) is 4.47. The van der Waals surface area contributed by atoms with Gasteiger partial charge in [-0.3, -0.25) is 0 Å². The van der Waals surface area contributed by atoms with Crippen LogP contribution < -0.4 is 5.32 Å². The molecule has 0 bridgehead atoms. The topological polar surface area (TPSA) is 42.7 Å². The summed E-state index contributed by atoms with van der Waals surface area (Å²) in [5, 5.41) is 4.73. The smallest absolute Gasteiger partial charge is 0.184 e. The highest BCUT2D eigenvalue weighted by molar-refractivity contribution is 7.22. The van der Waals surface area contributed by atoms with E-state index < -0.39 is 0 Å². The van der Waals surface area contributed by atoms with Crippen molar-refractivity contribution in [1.29, 1.82) is 0 Å². The number of aryl methyl sites for hydroxylation is 2. The van der Waals surface area contributed by atoms with E-state index in [1.54, 1.807) is 11.3 Å². The van der Waals surface area contributed by atoms with Gasteiger partial charge in [0.1, 0.15) is 0 Å². The number of hydrogen-bond acceptors (Lipinski definition) is 4. The number of aromatic nitrogens is 3. The van der Waals surface area contributed by atoms with E-state index in [1.165, 1.54) is 59.0 Å². The zero-order valence-corrected chi connectivity index (χ0v) is 17.4. The quantitative estimate of drug-likeness (QED) is 0.461. The molecule has 0 radical (unpaired) electrons. The van der Waals surface area contributed by atoms with Crippen LogP contribution >= 0.6 is 11.3 Å². The van der Waals surface area contributed by atoms with Gasteiger partial charge in [0.25, 0.3) is 0 Å². The Labute approximate surface area is 169 Å². The van der Waals surface area contributed by atoms with Crippen LogP contribution in [-0.4, -0.2) is 20.6 Å². The third-order valence-electron chi connectivity index (χ3n) is 5.79. The molecule has 0 amide bonds. The first-order chi connectivity index (χ1) is 13.7. The molecule has 5 rings (SSSR count). The van der Waals surface area contributed by atoms with Gasteiger partial charge in [-0.2, -0.15) is 0 Å². The molecule has 2 heterocycles. The van der Waals surface area contributed by atoms with Crippen LogP contribution in [-0.2, 0) is 6.54 Å². The average molecular weight is 391 g/mol. The molecular weight excluding hydrogens is 364 g/mol. The number of benzene rings is 2. The molecule has 0 saturated heterocycles. The van der Waals surface area contributed by atoms with Crippen molar-refractivity contribution < 1.29 is 0 Å². The zero-order chi connectivity index (χ0) is 19.1. The maximum atomic E-state index is 4.81. The molecule has 2 aromatic carbocycles. The number of fused-ring (bicyclic) bond motifs is 2. The molecule has 0 unspecified atom stereocenters. The number of imidazole rings is 1. The minimum Gasteiger partial charge on any atom is -0.359 e. The van der Waals surface area contributed by atoms with Crippen LogP contribution in [0, 0.1) is 13.8 Å². The summed E-state index contributed by atoms with van der Waals surface area (Å²) in [5.41, 5.74) is 7.24. The maximum absolute atomic E-state index is 4.81. The molecule has 0 atom stereocenters. The molecule has 1 aliphatic carbocycles. The third kappa shape index (κ3) is 3.39. The van der Waals surface area contributed by atoms with Crippen LogP contribution in [0.3, 0.4) is 0 Å². The van der Waals surface area contributed by atoms with Gasteiger partial charge >= 0.3 is 0 Å². The van der Waals surface area contributed by atoms with Crippen molar-refractivity contribution in [2.24, 2.45) is 0 Å². The molecule has 2 aromatic heterocycles. The summed E-state index contributed by atoms with van der Waals surface area (Å²) < 4.78 is 3.51. The van der Waals surface area contributed by atoms with Gasteiger partial charge in [0, 0.05) is 12.6 Å². The lowest BCUT2D eigenvalue weighted by Gasteiger charge is -2.22. The lowest BCUT2D eigenvalue weighted by atomic mass is 9.96. The number of thiazole rings is 1. The van der Waals surface area contributed by atoms with Crippen molar-refractivity contribution in [3.8, 4) is 0 Å². The Hall–Kier alpha value is -2.40. The molecule has 0 spiro atoms. The fraction of sp³-hybridized carbons (Fsp3) is 0.391. The van der Waals surface area contributed by atoms with Gasteiger partial charge in [-0.15, -0.1) is 0 Å². The summed E-state index contributed by atoms with van der Waals surface area (Å²) in [4.78, 5) is 9.42. The van der Waals surface area contributed by atoms with Gasteiger partial charge in [-0.1, -0.05) is 42.7 Å². The van der Waals surface area contributed by atoms with Crippen LogP contribution in [0.4, 0.5) is 5.13 Å². The second-order valence-electron chi connectivity index (χ2n) is 8.12. The fourth-order valence-corrected chi connectivity index (χ4v) is 5.47. The van der Waals surface area contributed by atoms with Crippen LogP contribution in [0.15, 0.2) is 36.7 Å². The first-order valence-corrected chi connectivity index (χ1v) is 11.1. The number of hydrogen-bond donors (Lipinski definition) is 1. The second kappa shape index (κ2) is 7.21. The number of anilines is 1. The lowest BCUT2D eigenvalue weighted by Crippen LogP contribution is -2.21. The summed E-state index contributed by atoms with van der Waals surface area (Å²) in [7, 11) is 0. The molecule has 0 aliphatic heterocycles. The van der Waals surface area contributed by atoms with Crippen molar-refractivity contribution in [2.75, 3.05) is 5.32 Å². The van der Waals surface area contributed by atoms with Gasteiger partial charge in [-0.25, -0.2) is 9.97 Å².